The van der Waals surface area contributed by atoms with E-state index in [4.69, 9.17) is 5.73 Å². The van der Waals surface area contributed by atoms with Gasteiger partial charge >= 0.3 is 0 Å². The van der Waals surface area contributed by atoms with E-state index in [1.54, 1.807) is 24.2 Å². The van der Waals surface area contributed by atoms with Crippen molar-refractivity contribution in [3.05, 3.63) is 12.4 Å². The topological polar surface area (TPSA) is 75.0 Å². The van der Waals surface area contributed by atoms with Crippen LogP contribution in [0, 0.1) is 0 Å². The Labute approximate surface area is 82.3 Å². The average molecular weight is 194 g/mol. The van der Waals surface area contributed by atoms with Crippen LogP contribution in [0.25, 0.3) is 0 Å². The summed E-state index contributed by atoms with van der Waals surface area (Å²) >= 11 is 0. The molecule has 0 radical (unpaired) electrons. The van der Waals surface area contributed by atoms with Crippen LogP contribution in [0.5, 0.6) is 0 Å². The van der Waals surface area contributed by atoms with Gasteiger partial charge in [-0.1, -0.05) is 0 Å². The van der Waals surface area contributed by atoms with Gasteiger partial charge in [-0.05, 0) is 19.8 Å². The molecule has 5 heteroatoms. The summed E-state index contributed by atoms with van der Waals surface area (Å²) < 4.78 is 0. The first kappa shape index (κ1) is 9.21. The molecule has 1 aliphatic carbocycles. The molecule has 0 saturated heterocycles. The number of amides is 1. The van der Waals surface area contributed by atoms with Crippen LogP contribution in [0.3, 0.4) is 0 Å². The zero-order chi connectivity index (χ0) is 10.1. The van der Waals surface area contributed by atoms with Crippen molar-refractivity contribution in [3.8, 4) is 0 Å². The highest BCUT2D eigenvalue weighted by Gasteiger charge is 2.36. The zero-order valence-electron chi connectivity index (χ0n) is 8.10. The highest BCUT2D eigenvalue weighted by molar-refractivity contribution is 5.96. The summed E-state index contributed by atoms with van der Waals surface area (Å²) in [5, 5.41) is 0. The Morgan fingerprint density at radius 3 is 2.93 bits per heavy atom. The molecular weight excluding hydrogens is 180 g/mol. The van der Waals surface area contributed by atoms with E-state index < -0.39 is 6.04 Å². The minimum atomic E-state index is -0.472. The molecule has 0 aromatic carbocycles. The predicted molar refractivity (Wildman–Crippen MR) is 52.7 cm³/mol. The number of nitrogens with zero attached hydrogens (tertiary/aromatic N) is 2. The van der Waals surface area contributed by atoms with E-state index in [0.29, 0.717) is 12.0 Å². The van der Waals surface area contributed by atoms with Gasteiger partial charge in [0.15, 0.2) is 0 Å². The van der Waals surface area contributed by atoms with E-state index in [1.165, 1.54) is 0 Å². The number of rotatable bonds is 3. The maximum atomic E-state index is 11.8. The van der Waals surface area contributed by atoms with E-state index in [0.717, 1.165) is 12.8 Å². The lowest BCUT2D eigenvalue weighted by Crippen LogP contribution is -2.44. The molecular formula is C9H14N4O. The lowest BCUT2D eigenvalue weighted by Gasteiger charge is -2.21. The number of imidazole rings is 1. The molecule has 1 aliphatic rings. The van der Waals surface area contributed by atoms with Crippen molar-refractivity contribution in [1.82, 2.24) is 9.97 Å². The summed E-state index contributed by atoms with van der Waals surface area (Å²) in [5.74, 6) is 0.539. The van der Waals surface area contributed by atoms with Gasteiger partial charge in [0.2, 0.25) is 11.9 Å². The SMILES string of the molecule is C[C@H](N)C(=O)N(c1ncc[nH]1)C1CC1. The Hall–Kier alpha value is -1.36. The fourth-order valence-corrected chi connectivity index (χ4v) is 1.40. The van der Waals surface area contributed by atoms with Gasteiger partial charge in [-0.15, -0.1) is 0 Å². The van der Waals surface area contributed by atoms with Crippen LogP contribution >= 0.6 is 0 Å². The number of nitrogens with two attached hydrogens (primary N) is 1. The first-order chi connectivity index (χ1) is 6.70. The smallest absolute Gasteiger partial charge is 0.246 e. The van der Waals surface area contributed by atoms with E-state index in [-0.39, 0.29) is 5.91 Å². The van der Waals surface area contributed by atoms with Crippen molar-refractivity contribution < 1.29 is 4.79 Å². The third kappa shape index (κ3) is 1.63. The first-order valence-corrected chi connectivity index (χ1v) is 4.78. The maximum absolute atomic E-state index is 11.8. The molecule has 1 atom stereocenters. The number of carbonyl (C=O) groups excluding carboxylic acids is 1. The van der Waals surface area contributed by atoms with Gasteiger partial charge in [0.1, 0.15) is 0 Å². The van der Waals surface area contributed by atoms with Crippen molar-refractivity contribution in [3.63, 3.8) is 0 Å². The van der Waals surface area contributed by atoms with Gasteiger partial charge in [0, 0.05) is 18.4 Å². The number of hydrogen-bond acceptors (Lipinski definition) is 3. The quantitative estimate of drug-likeness (QED) is 0.724. The van der Waals surface area contributed by atoms with Gasteiger partial charge in [-0.25, -0.2) is 4.98 Å². The summed E-state index contributed by atoms with van der Waals surface area (Å²) in [7, 11) is 0. The minimum Gasteiger partial charge on any atom is -0.331 e. The molecule has 5 nitrogen and oxygen atoms in total. The van der Waals surface area contributed by atoms with Crippen LogP contribution in [-0.4, -0.2) is 28.0 Å². The molecule has 1 aromatic heterocycles. The molecule has 3 N–H and O–H groups in total. The molecule has 0 unspecified atom stereocenters. The molecule has 76 valence electrons. The number of aromatic nitrogens is 2. The second kappa shape index (κ2) is 3.42. The van der Waals surface area contributed by atoms with Gasteiger partial charge < -0.3 is 10.7 Å². The highest BCUT2D eigenvalue weighted by atomic mass is 16.2. The third-order valence-corrected chi connectivity index (χ3v) is 2.25. The van der Waals surface area contributed by atoms with Gasteiger partial charge in [0.25, 0.3) is 0 Å². The summed E-state index contributed by atoms with van der Waals surface area (Å²) in [6, 6.07) is -0.180. The predicted octanol–water partition coefficient (Wildman–Crippen LogP) is 0.252. The van der Waals surface area contributed by atoms with E-state index in [9.17, 15) is 4.79 Å². The first-order valence-electron chi connectivity index (χ1n) is 4.78. The number of carbonyl (C=O) groups is 1. The zero-order valence-corrected chi connectivity index (χ0v) is 8.10. The monoisotopic (exact) mass is 194 g/mol. The van der Waals surface area contributed by atoms with Crippen LogP contribution in [0.1, 0.15) is 19.8 Å². The third-order valence-electron chi connectivity index (χ3n) is 2.25. The Balaban J connectivity index is 2.20. The molecule has 0 aliphatic heterocycles. The Morgan fingerprint density at radius 1 is 1.79 bits per heavy atom. The average Bonchev–Trinajstić information content (AvgIpc) is 2.81. The summed E-state index contributed by atoms with van der Waals surface area (Å²) in [6.45, 7) is 1.70. The second-order valence-corrected chi connectivity index (χ2v) is 3.64. The molecule has 1 saturated carbocycles. The molecule has 14 heavy (non-hydrogen) atoms. The van der Waals surface area contributed by atoms with E-state index in [1.807, 2.05) is 0 Å². The van der Waals surface area contributed by atoms with Crippen molar-refractivity contribution in [1.29, 1.82) is 0 Å². The molecule has 2 rings (SSSR count). The van der Waals surface area contributed by atoms with Crippen LogP contribution in [-0.2, 0) is 4.79 Å². The standard InChI is InChI=1S/C9H14N4O/c1-6(10)8(14)13(7-2-3-7)9-11-4-5-12-9/h4-7H,2-3,10H2,1H3,(H,11,12)/t6-/m0/s1. The maximum Gasteiger partial charge on any atom is 0.246 e. The van der Waals surface area contributed by atoms with Crippen LogP contribution < -0.4 is 10.6 Å². The van der Waals surface area contributed by atoms with Gasteiger partial charge in [0.05, 0.1) is 6.04 Å². The highest BCUT2D eigenvalue weighted by Crippen LogP contribution is 2.29. The molecule has 1 amide bonds. The number of nitrogens with one attached hydrogen (secondary N) is 1. The molecule has 1 heterocycles. The van der Waals surface area contributed by atoms with Crippen LogP contribution in [0.2, 0.25) is 0 Å². The van der Waals surface area contributed by atoms with Gasteiger partial charge in [-0.2, -0.15) is 0 Å². The van der Waals surface area contributed by atoms with Crippen molar-refractivity contribution in [2.24, 2.45) is 5.73 Å². The lowest BCUT2D eigenvalue weighted by molar-refractivity contribution is -0.119. The molecule has 1 aromatic rings. The Kier molecular flexibility index (Phi) is 2.25. The molecule has 0 spiro atoms. The Bertz CT molecular complexity index is 316. The molecule has 0 bridgehead atoms. The van der Waals surface area contributed by atoms with E-state index >= 15 is 0 Å². The van der Waals surface area contributed by atoms with Crippen molar-refractivity contribution >= 4 is 11.9 Å². The number of anilines is 1. The normalized spacial score (nSPS) is 17.9. The fourth-order valence-electron chi connectivity index (χ4n) is 1.40. The Morgan fingerprint density at radius 2 is 2.50 bits per heavy atom. The van der Waals surface area contributed by atoms with Crippen LogP contribution in [0.4, 0.5) is 5.95 Å². The van der Waals surface area contributed by atoms with Crippen molar-refractivity contribution in [2.45, 2.75) is 31.8 Å². The lowest BCUT2D eigenvalue weighted by atomic mass is 10.3. The van der Waals surface area contributed by atoms with Gasteiger partial charge in [-0.3, -0.25) is 9.69 Å². The summed E-state index contributed by atoms with van der Waals surface area (Å²) in [6.07, 6.45) is 5.43. The summed E-state index contributed by atoms with van der Waals surface area (Å²) in [5.41, 5.74) is 5.58. The van der Waals surface area contributed by atoms with Crippen LogP contribution in [0.15, 0.2) is 12.4 Å². The van der Waals surface area contributed by atoms with E-state index in [2.05, 4.69) is 9.97 Å². The number of hydrogen-bond donors (Lipinski definition) is 2. The van der Waals surface area contributed by atoms with Crippen molar-refractivity contribution in [2.75, 3.05) is 4.90 Å². The largest absolute Gasteiger partial charge is 0.331 e. The number of aromatic amines is 1. The number of H-pyrrole nitrogens is 1. The second-order valence-electron chi connectivity index (χ2n) is 3.64. The molecule has 1 fully saturated rings. The minimum absolute atomic E-state index is 0.0672. The summed E-state index contributed by atoms with van der Waals surface area (Å²) in [4.78, 5) is 20.4. The fraction of sp³-hybridized carbons (Fsp3) is 0.556.